The van der Waals surface area contributed by atoms with Gasteiger partial charge in [-0.1, -0.05) is 26.0 Å². The molecule has 2 rings (SSSR count). The zero-order valence-corrected chi connectivity index (χ0v) is 12.2. The standard InChI is InChI=1S/C16H18N2O3/c1-12(2)16(19)14-8-10-17(11-14)9-7-13-3-5-15(6-4-13)18(20)21/h3-6,8,10-12H,7,9H2,1-2H3. The lowest BCUT2D eigenvalue weighted by Crippen LogP contribution is -2.06. The molecule has 0 fully saturated rings. The van der Waals surface area contributed by atoms with E-state index in [1.807, 2.05) is 36.9 Å². The molecule has 110 valence electrons. The molecular weight excluding hydrogens is 268 g/mol. The van der Waals surface area contributed by atoms with Crippen LogP contribution in [0.2, 0.25) is 0 Å². The number of carbonyl (C=O) groups excluding carboxylic acids is 1. The molecule has 0 aliphatic heterocycles. The summed E-state index contributed by atoms with van der Waals surface area (Å²) in [5, 5.41) is 10.6. The zero-order valence-electron chi connectivity index (χ0n) is 12.2. The molecule has 0 saturated heterocycles. The van der Waals surface area contributed by atoms with E-state index in [0.29, 0.717) is 0 Å². The van der Waals surface area contributed by atoms with E-state index < -0.39 is 4.92 Å². The molecule has 0 atom stereocenters. The monoisotopic (exact) mass is 286 g/mol. The Labute approximate surface area is 123 Å². The number of hydrogen-bond acceptors (Lipinski definition) is 3. The van der Waals surface area contributed by atoms with Gasteiger partial charge in [-0.3, -0.25) is 14.9 Å². The Morgan fingerprint density at radius 1 is 1.24 bits per heavy atom. The van der Waals surface area contributed by atoms with Crippen LogP contribution < -0.4 is 0 Å². The number of Topliss-reactive ketones (excluding diaryl/α,β-unsaturated/α-hetero) is 1. The number of aromatic nitrogens is 1. The molecule has 2 aromatic rings. The number of non-ortho nitro benzene ring substituents is 1. The van der Waals surface area contributed by atoms with Crippen molar-refractivity contribution < 1.29 is 9.72 Å². The maximum atomic E-state index is 11.9. The fourth-order valence-corrected chi connectivity index (χ4v) is 2.10. The highest BCUT2D eigenvalue weighted by Crippen LogP contribution is 2.14. The fraction of sp³-hybridized carbons (Fsp3) is 0.312. The number of nitro groups is 1. The van der Waals surface area contributed by atoms with Crippen molar-refractivity contribution in [1.29, 1.82) is 0 Å². The number of benzene rings is 1. The van der Waals surface area contributed by atoms with E-state index in [4.69, 9.17) is 0 Å². The summed E-state index contributed by atoms with van der Waals surface area (Å²) in [7, 11) is 0. The molecule has 0 N–H and O–H groups in total. The van der Waals surface area contributed by atoms with Crippen molar-refractivity contribution in [3.8, 4) is 0 Å². The minimum absolute atomic E-state index is 0.00415. The van der Waals surface area contributed by atoms with Gasteiger partial charge in [-0.15, -0.1) is 0 Å². The summed E-state index contributed by atoms with van der Waals surface area (Å²) in [6, 6.07) is 8.39. The van der Waals surface area contributed by atoms with Crippen molar-refractivity contribution >= 4 is 11.5 Å². The second-order valence-electron chi connectivity index (χ2n) is 5.33. The normalized spacial score (nSPS) is 10.8. The quantitative estimate of drug-likeness (QED) is 0.464. The molecule has 5 nitrogen and oxygen atoms in total. The third kappa shape index (κ3) is 3.78. The van der Waals surface area contributed by atoms with Gasteiger partial charge in [-0.25, -0.2) is 0 Å². The number of ketones is 1. The number of nitro benzene ring substituents is 1. The highest BCUT2D eigenvalue weighted by Gasteiger charge is 2.11. The number of aryl methyl sites for hydroxylation is 2. The Hall–Kier alpha value is -2.43. The molecule has 1 heterocycles. The lowest BCUT2D eigenvalue weighted by Gasteiger charge is -2.04. The van der Waals surface area contributed by atoms with Crippen LogP contribution in [-0.4, -0.2) is 15.3 Å². The van der Waals surface area contributed by atoms with E-state index in [-0.39, 0.29) is 17.4 Å². The van der Waals surface area contributed by atoms with E-state index in [9.17, 15) is 14.9 Å². The third-order valence-electron chi connectivity index (χ3n) is 3.37. The van der Waals surface area contributed by atoms with Crippen LogP contribution in [-0.2, 0) is 13.0 Å². The van der Waals surface area contributed by atoms with Crippen LogP contribution >= 0.6 is 0 Å². The topological polar surface area (TPSA) is 65.1 Å². The lowest BCUT2D eigenvalue weighted by molar-refractivity contribution is -0.384. The average molecular weight is 286 g/mol. The van der Waals surface area contributed by atoms with Crippen LogP contribution in [0.5, 0.6) is 0 Å². The van der Waals surface area contributed by atoms with Gasteiger partial charge in [0.05, 0.1) is 4.92 Å². The molecule has 0 unspecified atom stereocenters. The maximum Gasteiger partial charge on any atom is 0.269 e. The minimum Gasteiger partial charge on any atom is -0.353 e. The van der Waals surface area contributed by atoms with Gasteiger partial charge in [0, 0.05) is 42.6 Å². The molecule has 1 aromatic carbocycles. The first-order chi connectivity index (χ1) is 9.97. The van der Waals surface area contributed by atoms with Crippen LogP contribution in [0.4, 0.5) is 5.69 Å². The molecule has 0 saturated carbocycles. The number of rotatable bonds is 6. The molecule has 0 radical (unpaired) electrons. The van der Waals surface area contributed by atoms with Crippen LogP contribution in [0.15, 0.2) is 42.7 Å². The van der Waals surface area contributed by atoms with E-state index in [1.165, 1.54) is 12.1 Å². The van der Waals surface area contributed by atoms with Crippen molar-refractivity contribution in [3.05, 3.63) is 64.0 Å². The van der Waals surface area contributed by atoms with Crippen LogP contribution in [0, 0.1) is 16.0 Å². The first-order valence-electron chi connectivity index (χ1n) is 6.90. The molecule has 0 aliphatic carbocycles. The van der Waals surface area contributed by atoms with Crippen molar-refractivity contribution in [2.75, 3.05) is 0 Å². The van der Waals surface area contributed by atoms with E-state index in [0.717, 1.165) is 24.1 Å². The van der Waals surface area contributed by atoms with Crippen LogP contribution in [0.3, 0.4) is 0 Å². The highest BCUT2D eigenvalue weighted by molar-refractivity contribution is 5.97. The third-order valence-corrected chi connectivity index (χ3v) is 3.37. The first-order valence-corrected chi connectivity index (χ1v) is 6.90. The summed E-state index contributed by atoms with van der Waals surface area (Å²) < 4.78 is 1.97. The van der Waals surface area contributed by atoms with Gasteiger partial charge in [-0.2, -0.15) is 0 Å². The molecule has 1 aromatic heterocycles. The number of hydrogen-bond donors (Lipinski definition) is 0. The van der Waals surface area contributed by atoms with E-state index in [1.54, 1.807) is 12.1 Å². The summed E-state index contributed by atoms with van der Waals surface area (Å²) >= 11 is 0. The minimum atomic E-state index is -0.403. The number of carbonyl (C=O) groups is 1. The summed E-state index contributed by atoms with van der Waals surface area (Å²) in [5.74, 6) is 0.139. The van der Waals surface area contributed by atoms with Crippen molar-refractivity contribution in [3.63, 3.8) is 0 Å². The predicted molar refractivity (Wildman–Crippen MR) is 80.4 cm³/mol. The molecular formula is C16H18N2O3. The molecule has 0 aliphatic rings. The summed E-state index contributed by atoms with van der Waals surface area (Å²) in [6.07, 6.45) is 4.51. The Morgan fingerprint density at radius 2 is 1.90 bits per heavy atom. The Kier molecular flexibility index (Phi) is 4.52. The molecule has 0 spiro atoms. The van der Waals surface area contributed by atoms with E-state index in [2.05, 4.69) is 0 Å². The SMILES string of the molecule is CC(C)C(=O)c1ccn(CCc2ccc([N+](=O)[O-])cc2)c1. The Balaban J connectivity index is 1.97. The van der Waals surface area contributed by atoms with Crippen LogP contribution in [0.25, 0.3) is 0 Å². The Morgan fingerprint density at radius 3 is 2.48 bits per heavy atom. The summed E-state index contributed by atoms with van der Waals surface area (Å²) in [4.78, 5) is 22.0. The largest absolute Gasteiger partial charge is 0.353 e. The number of nitrogens with zero attached hydrogens (tertiary/aromatic N) is 2. The predicted octanol–water partition coefficient (Wildman–Crippen LogP) is 3.48. The summed E-state index contributed by atoms with van der Waals surface area (Å²) in [5.41, 5.74) is 1.87. The molecule has 0 amide bonds. The molecule has 21 heavy (non-hydrogen) atoms. The second-order valence-corrected chi connectivity index (χ2v) is 5.33. The van der Waals surface area contributed by atoms with Gasteiger partial charge in [-0.05, 0) is 18.1 Å². The maximum absolute atomic E-state index is 11.9. The van der Waals surface area contributed by atoms with Crippen molar-refractivity contribution in [2.45, 2.75) is 26.8 Å². The van der Waals surface area contributed by atoms with Gasteiger partial charge in [0.15, 0.2) is 5.78 Å². The smallest absolute Gasteiger partial charge is 0.269 e. The summed E-state index contributed by atoms with van der Waals surface area (Å²) in [6.45, 7) is 4.51. The van der Waals surface area contributed by atoms with Crippen molar-refractivity contribution in [2.24, 2.45) is 5.92 Å². The highest BCUT2D eigenvalue weighted by atomic mass is 16.6. The van der Waals surface area contributed by atoms with Crippen molar-refractivity contribution in [1.82, 2.24) is 4.57 Å². The lowest BCUT2D eigenvalue weighted by atomic mass is 10.0. The zero-order chi connectivity index (χ0) is 15.4. The van der Waals surface area contributed by atoms with Gasteiger partial charge in [0.25, 0.3) is 5.69 Å². The van der Waals surface area contributed by atoms with Crippen LogP contribution in [0.1, 0.15) is 29.8 Å². The van der Waals surface area contributed by atoms with E-state index >= 15 is 0 Å². The Bertz CT molecular complexity index is 642. The van der Waals surface area contributed by atoms with Gasteiger partial charge < -0.3 is 4.57 Å². The molecule has 0 bridgehead atoms. The first kappa shape index (κ1) is 15.0. The van der Waals surface area contributed by atoms with Gasteiger partial charge in [0.2, 0.25) is 0 Å². The molecule has 5 heteroatoms. The van der Waals surface area contributed by atoms with Gasteiger partial charge in [0.1, 0.15) is 0 Å². The second kappa shape index (κ2) is 6.35. The average Bonchev–Trinajstić information content (AvgIpc) is 2.93. The fourth-order valence-electron chi connectivity index (χ4n) is 2.10. The van der Waals surface area contributed by atoms with Gasteiger partial charge >= 0.3 is 0 Å².